The highest BCUT2D eigenvalue weighted by Gasteiger charge is 2.04. The molecule has 2 rings (SSSR count). The Bertz CT molecular complexity index is 436. The van der Waals surface area contributed by atoms with Crippen LogP contribution in [-0.2, 0) is 0 Å². The van der Waals surface area contributed by atoms with Gasteiger partial charge in [0.15, 0.2) is 0 Å². The van der Waals surface area contributed by atoms with Crippen LogP contribution in [0.1, 0.15) is 0 Å². The van der Waals surface area contributed by atoms with E-state index >= 15 is 0 Å². The second-order valence-corrected chi connectivity index (χ2v) is 4.02. The van der Waals surface area contributed by atoms with E-state index < -0.39 is 0 Å². The molecule has 1 aromatic carbocycles. The SMILES string of the molecule is COc1cccc(-c2cscc2Cl)c1. The average Bonchev–Trinajstić information content (AvgIpc) is 2.65. The quantitative estimate of drug-likeness (QED) is 0.747. The van der Waals surface area contributed by atoms with E-state index in [0.29, 0.717) is 0 Å². The molecule has 0 aliphatic rings. The van der Waals surface area contributed by atoms with Crippen molar-refractivity contribution < 1.29 is 4.74 Å². The van der Waals surface area contributed by atoms with Gasteiger partial charge < -0.3 is 4.74 Å². The molecule has 0 spiro atoms. The van der Waals surface area contributed by atoms with Crippen LogP contribution in [0.25, 0.3) is 11.1 Å². The molecule has 0 bridgehead atoms. The van der Waals surface area contributed by atoms with E-state index in [1.165, 1.54) is 0 Å². The lowest BCUT2D eigenvalue weighted by atomic mass is 10.1. The molecular formula is C11H9ClOS. The van der Waals surface area contributed by atoms with Gasteiger partial charge in [-0.15, -0.1) is 0 Å². The first-order valence-corrected chi connectivity index (χ1v) is 5.49. The molecule has 1 nitrogen and oxygen atoms in total. The number of methoxy groups -OCH3 is 1. The number of benzene rings is 1. The van der Waals surface area contributed by atoms with Crippen LogP contribution in [0.4, 0.5) is 0 Å². The van der Waals surface area contributed by atoms with Gasteiger partial charge in [0.1, 0.15) is 5.75 Å². The highest BCUT2D eigenvalue weighted by molar-refractivity contribution is 7.09. The maximum absolute atomic E-state index is 6.04. The molecule has 0 aliphatic carbocycles. The summed E-state index contributed by atoms with van der Waals surface area (Å²) >= 11 is 7.64. The molecule has 3 heteroatoms. The minimum absolute atomic E-state index is 0.795. The van der Waals surface area contributed by atoms with Crippen molar-refractivity contribution in [1.82, 2.24) is 0 Å². The lowest BCUT2D eigenvalue weighted by Gasteiger charge is -2.02. The molecule has 72 valence electrons. The topological polar surface area (TPSA) is 9.23 Å². The predicted molar refractivity (Wildman–Crippen MR) is 61.3 cm³/mol. The zero-order valence-electron chi connectivity index (χ0n) is 7.66. The zero-order valence-corrected chi connectivity index (χ0v) is 9.23. The fourth-order valence-corrected chi connectivity index (χ4v) is 2.37. The standard InChI is InChI=1S/C11H9ClOS/c1-13-9-4-2-3-8(5-9)10-6-14-7-11(10)12/h2-7H,1H3. The normalized spacial score (nSPS) is 10.1. The maximum Gasteiger partial charge on any atom is 0.119 e. The summed E-state index contributed by atoms with van der Waals surface area (Å²) in [7, 11) is 1.66. The first kappa shape index (κ1) is 9.56. The Kier molecular flexibility index (Phi) is 2.75. The summed E-state index contributed by atoms with van der Waals surface area (Å²) in [5.74, 6) is 0.852. The van der Waals surface area contributed by atoms with Crippen LogP contribution in [0.3, 0.4) is 0 Å². The second kappa shape index (κ2) is 4.03. The molecule has 0 aliphatic heterocycles. The fraction of sp³-hybridized carbons (Fsp3) is 0.0909. The number of halogens is 1. The van der Waals surface area contributed by atoms with Gasteiger partial charge in [0.2, 0.25) is 0 Å². The average molecular weight is 225 g/mol. The minimum atomic E-state index is 0.795. The Balaban J connectivity index is 2.47. The van der Waals surface area contributed by atoms with Crippen molar-refractivity contribution in [2.24, 2.45) is 0 Å². The number of hydrogen-bond acceptors (Lipinski definition) is 2. The van der Waals surface area contributed by atoms with Gasteiger partial charge in [-0.2, -0.15) is 11.3 Å². The van der Waals surface area contributed by atoms with Crippen molar-refractivity contribution >= 4 is 22.9 Å². The van der Waals surface area contributed by atoms with Gasteiger partial charge in [-0.05, 0) is 17.7 Å². The Morgan fingerprint density at radius 1 is 1.29 bits per heavy atom. The van der Waals surface area contributed by atoms with Crippen molar-refractivity contribution in [3.63, 3.8) is 0 Å². The van der Waals surface area contributed by atoms with Gasteiger partial charge in [-0.25, -0.2) is 0 Å². The predicted octanol–water partition coefficient (Wildman–Crippen LogP) is 4.08. The van der Waals surface area contributed by atoms with E-state index in [-0.39, 0.29) is 0 Å². The van der Waals surface area contributed by atoms with Gasteiger partial charge >= 0.3 is 0 Å². The Hall–Kier alpha value is -0.990. The summed E-state index contributed by atoms with van der Waals surface area (Å²) in [6.45, 7) is 0. The van der Waals surface area contributed by atoms with Gasteiger partial charge in [0.05, 0.1) is 12.1 Å². The summed E-state index contributed by atoms with van der Waals surface area (Å²) in [6, 6.07) is 7.89. The van der Waals surface area contributed by atoms with E-state index in [4.69, 9.17) is 16.3 Å². The molecule has 1 heterocycles. The van der Waals surface area contributed by atoms with Crippen LogP contribution < -0.4 is 4.74 Å². The molecule has 1 aromatic heterocycles. The number of rotatable bonds is 2. The lowest BCUT2D eigenvalue weighted by molar-refractivity contribution is 0.415. The van der Waals surface area contributed by atoms with E-state index in [9.17, 15) is 0 Å². The van der Waals surface area contributed by atoms with Crippen LogP contribution >= 0.6 is 22.9 Å². The third-order valence-corrected chi connectivity index (χ3v) is 3.18. The van der Waals surface area contributed by atoms with Crippen molar-refractivity contribution in [1.29, 1.82) is 0 Å². The lowest BCUT2D eigenvalue weighted by Crippen LogP contribution is -1.82. The van der Waals surface area contributed by atoms with Crippen molar-refractivity contribution in [2.45, 2.75) is 0 Å². The van der Waals surface area contributed by atoms with Crippen molar-refractivity contribution in [3.05, 3.63) is 40.0 Å². The Morgan fingerprint density at radius 3 is 2.79 bits per heavy atom. The van der Waals surface area contributed by atoms with Gasteiger partial charge in [0, 0.05) is 16.3 Å². The van der Waals surface area contributed by atoms with E-state index in [2.05, 4.69) is 0 Å². The third-order valence-electron chi connectivity index (χ3n) is 2.00. The first-order chi connectivity index (χ1) is 6.81. The molecule has 0 saturated heterocycles. The van der Waals surface area contributed by atoms with Crippen molar-refractivity contribution in [2.75, 3.05) is 7.11 Å². The smallest absolute Gasteiger partial charge is 0.119 e. The molecule has 0 atom stereocenters. The molecule has 0 amide bonds. The van der Waals surface area contributed by atoms with E-state index in [1.807, 2.05) is 35.0 Å². The maximum atomic E-state index is 6.04. The highest BCUT2D eigenvalue weighted by Crippen LogP contribution is 2.32. The first-order valence-electron chi connectivity index (χ1n) is 4.17. The second-order valence-electron chi connectivity index (χ2n) is 2.87. The molecular weight excluding hydrogens is 216 g/mol. The Labute approximate surface area is 91.9 Å². The van der Waals surface area contributed by atoms with Crippen LogP contribution in [0.5, 0.6) is 5.75 Å². The molecule has 2 aromatic rings. The summed E-state index contributed by atoms with van der Waals surface area (Å²) < 4.78 is 5.15. The van der Waals surface area contributed by atoms with Crippen LogP contribution in [0.2, 0.25) is 5.02 Å². The molecule has 0 unspecified atom stereocenters. The molecule has 0 radical (unpaired) electrons. The summed E-state index contributed by atoms with van der Waals surface area (Å²) in [5.41, 5.74) is 2.16. The monoisotopic (exact) mass is 224 g/mol. The highest BCUT2D eigenvalue weighted by atomic mass is 35.5. The molecule has 0 fully saturated rings. The van der Waals surface area contributed by atoms with Crippen LogP contribution in [-0.4, -0.2) is 7.11 Å². The van der Waals surface area contributed by atoms with Crippen LogP contribution in [0.15, 0.2) is 35.0 Å². The van der Waals surface area contributed by atoms with Gasteiger partial charge in [-0.1, -0.05) is 23.7 Å². The number of hydrogen-bond donors (Lipinski definition) is 0. The number of thiophene rings is 1. The number of ether oxygens (including phenoxy) is 1. The van der Waals surface area contributed by atoms with E-state index in [0.717, 1.165) is 21.9 Å². The summed E-state index contributed by atoms with van der Waals surface area (Å²) in [4.78, 5) is 0. The van der Waals surface area contributed by atoms with Gasteiger partial charge in [-0.3, -0.25) is 0 Å². The molecule has 0 saturated carbocycles. The van der Waals surface area contributed by atoms with Crippen LogP contribution in [0, 0.1) is 0 Å². The molecule has 14 heavy (non-hydrogen) atoms. The summed E-state index contributed by atoms with van der Waals surface area (Å²) in [6.07, 6.45) is 0. The molecule has 0 N–H and O–H groups in total. The minimum Gasteiger partial charge on any atom is -0.497 e. The third kappa shape index (κ3) is 1.76. The Morgan fingerprint density at radius 2 is 2.14 bits per heavy atom. The largest absolute Gasteiger partial charge is 0.497 e. The van der Waals surface area contributed by atoms with E-state index in [1.54, 1.807) is 18.4 Å². The van der Waals surface area contributed by atoms with Crippen molar-refractivity contribution in [3.8, 4) is 16.9 Å². The van der Waals surface area contributed by atoms with Gasteiger partial charge in [0.25, 0.3) is 0 Å². The zero-order chi connectivity index (χ0) is 9.97. The summed E-state index contributed by atoms with van der Waals surface area (Å²) in [5, 5.41) is 4.76. The fourth-order valence-electron chi connectivity index (χ4n) is 1.28.